The first-order valence-electron chi connectivity index (χ1n) is 19.4. The molecule has 7 rings (SSSR count). The van der Waals surface area contributed by atoms with Crippen LogP contribution < -0.4 is 20.3 Å². The van der Waals surface area contributed by atoms with Gasteiger partial charge in [-0.05, 0) is 82.0 Å². The molecule has 5 heterocycles. The highest BCUT2D eigenvalue weighted by Crippen LogP contribution is 2.39. The number of unbranched alkanes of at least 4 members (excludes halogenated alkanes) is 5. The number of ether oxygens (including phenoxy) is 1. The lowest BCUT2D eigenvalue weighted by molar-refractivity contribution is -0.136. The number of carbonyl (C=O) groups excluding carboxylic acids is 4. The zero-order valence-electron chi connectivity index (χ0n) is 32.0. The van der Waals surface area contributed by atoms with Gasteiger partial charge in [0.25, 0.3) is 0 Å². The van der Waals surface area contributed by atoms with E-state index in [0.29, 0.717) is 43.5 Å². The molecule has 2 fully saturated rings. The van der Waals surface area contributed by atoms with Gasteiger partial charge in [-0.15, -0.1) is 21.5 Å². The fraction of sp³-hybridized carbons (Fsp3) is 0.439. The number of rotatable bonds is 15. The van der Waals surface area contributed by atoms with Crippen molar-refractivity contribution in [1.29, 1.82) is 0 Å². The zero-order valence-corrected chi connectivity index (χ0v) is 33.5. The molecule has 4 aromatic rings. The topological polar surface area (TPSA) is 151 Å². The van der Waals surface area contributed by atoms with E-state index in [1.54, 1.807) is 21.1 Å². The maximum Gasteiger partial charge on any atom is 0.325 e. The normalized spacial score (nSPS) is 18.0. The van der Waals surface area contributed by atoms with E-state index >= 15 is 0 Å². The van der Waals surface area contributed by atoms with E-state index in [4.69, 9.17) is 21.3 Å². The number of imide groups is 1. The molecule has 0 aliphatic carbocycles. The SMILES string of the molecule is Cc1sc2c(c1C)C(c1ccc(Cl)cc1)=N[C@@H](CC(=O)NCCCCCCCCOc1ccc(N3CCN(C4CCC(=O)NC4=O)C3=O)cc1)c1nnc(C)n1-2. The van der Waals surface area contributed by atoms with Crippen molar-refractivity contribution in [2.24, 2.45) is 4.99 Å². The molecule has 0 saturated carbocycles. The van der Waals surface area contributed by atoms with Gasteiger partial charge in [-0.25, -0.2) is 4.79 Å². The minimum Gasteiger partial charge on any atom is -0.494 e. The Morgan fingerprint density at radius 2 is 1.68 bits per heavy atom. The maximum atomic E-state index is 13.3. The molecule has 1 unspecified atom stereocenters. The molecule has 0 radical (unpaired) electrons. The summed E-state index contributed by atoms with van der Waals surface area (Å²) in [5, 5.41) is 16.0. The maximum absolute atomic E-state index is 13.3. The number of hydrogen-bond donors (Lipinski definition) is 2. The summed E-state index contributed by atoms with van der Waals surface area (Å²) in [6.07, 6.45) is 6.81. The van der Waals surface area contributed by atoms with Crippen LogP contribution in [0.3, 0.4) is 0 Å². The van der Waals surface area contributed by atoms with E-state index in [1.165, 1.54) is 4.88 Å². The molecule has 294 valence electrons. The number of halogens is 1. The van der Waals surface area contributed by atoms with Gasteiger partial charge in [0.15, 0.2) is 5.82 Å². The molecular formula is C41H47ClN8O5S. The highest BCUT2D eigenvalue weighted by Gasteiger charge is 2.40. The molecule has 15 heteroatoms. The molecule has 3 aliphatic heterocycles. The molecule has 2 atom stereocenters. The van der Waals surface area contributed by atoms with Crippen LogP contribution in [0.4, 0.5) is 10.5 Å². The van der Waals surface area contributed by atoms with Crippen molar-refractivity contribution in [2.45, 2.75) is 90.6 Å². The number of carbonyl (C=O) groups is 4. The standard InChI is InChI=1S/C41H47ClN8O5S/c1-25-26(2)56-40-36(25)37(28-10-12-29(42)13-11-28)44-32(38-47-46-27(3)50(38)40)24-35(52)43-20-8-6-4-5-7-9-23-55-31-16-14-30(15-17-31)48-21-22-49(41(48)54)33-18-19-34(51)45-39(33)53/h10-17,32-33H,4-9,18-24H2,1-3H3,(H,43,52)(H,45,51,53)/t32-,33?/m0/s1. The summed E-state index contributed by atoms with van der Waals surface area (Å²) in [7, 11) is 0. The number of benzene rings is 2. The van der Waals surface area contributed by atoms with Crippen molar-refractivity contribution in [3.63, 3.8) is 0 Å². The van der Waals surface area contributed by atoms with Gasteiger partial charge in [-0.3, -0.25) is 34.2 Å². The number of anilines is 1. The van der Waals surface area contributed by atoms with Gasteiger partial charge in [0.1, 0.15) is 28.7 Å². The Bertz CT molecular complexity index is 2130. The molecule has 56 heavy (non-hydrogen) atoms. The van der Waals surface area contributed by atoms with E-state index in [1.807, 2.05) is 55.5 Å². The number of amides is 5. The van der Waals surface area contributed by atoms with Crippen LogP contribution in [0, 0.1) is 20.8 Å². The van der Waals surface area contributed by atoms with Crippen LogP contribution in [0.5, 0.6) is 5.75 Å². The fourth-order valence-corrected chi connectivity index (χ4v) is 8.86. The van der Waals surface area contributed by atoms with Gasteiger partial charge < -0.3 is 15.0 Å². The fourth-order valence-electron chi connectivity index (χ4n) is 7.52. The van der Waals surface area contributed by atoms with Gasteiger partial charge in [-0.1, -0.05) is 49.4 Å². The Hall–Kier alpha value is -5.08. The third-order valence-electron chi connectivity index (χ3n) is 10.7. The second-order valence-corrected chi connectivity index (χ2v) is 16.2. The Morgan fingerprint density at radius 3 is 2.43 bits per heavy atom. The third-order valence-corrected chi connectivity index (χ3v) is 12.1. The minimum absolute atomic E-state index is 0.0639. The molecule has 2 aromatic heterocycles. The van der Waals surface area contributed by atoms with Crippen LogP contribution in [0.1, 0.15) is 97.0 Å². The van der Waals surface area contributed by atoms with E-state index in [2.05, 4.69) is 39.2 Å². The Kier molecular flexibility index (Phi) is 12.2. The first-order chi connectivity index (χ1) is 27.1. The first kappa shape index (κ1) is 39.2. The van der Waals surface area contributed by atoms with Crippen molar-refractivity contribution < 1.29 is 23.9 Å². The summed E-state index contributed by atoms with van der Waals surface area (Å²) in [4.78, 5) is 59.7. The number of aromatic nitrogens is 3. The molecule has 0 spiro atoms. The second-order valence-electron chi connectivity index (χ2n) is 14.5. The summed E-state index contributed by atoms with van der Waals surface area (Å²) in [6.45, 7) is 8.28. The van der Waals surface area contributed by atoms with Crippen LogP contribution >= 0.6 is 22.9 Å². The number of nitrogens with zero attached hydrogens (tertiary/aromatic N) is 6. The summed E-state index contributed by atoms with van der Waals surface area (Å²) < 4.78 is 8.01. The van der Waals surface area contributed by atoms with Crippen LogP contribution in [0.2, 0.25) is 5.02 Å². The van der Waals surface area contributed by atoms with Crippen molar-refractivity contribution in [2.75, 3.05) is 31.1 Å². The number of urea groups is 1. The molecule has 13 nitrogen and oxygen atoms in total. The number of nitrogens with one attached hydrogen (secondary N) is 2. The largest absolute Gasteiger partial charge is 0.494 e. The Labute approximate surface area is 335 Å². The Balaban J connectivity index is 0.815. The quantitative estimate of drug-likeness (QED) is 0.0995. The molecule has 2 aromatic carbocycles. The van der Waals surface area contributed by atoms with Gasteiger partial charge in [-0.2, -0.15) is 0 Å². The van der Waals surface area contributed by atoms with Gasteiger partial charge in [0.2, 0.25) is 17.7 Å². The molecular weight excluding hydrogens is 752 g/mol. The van der Waals surface area contributed by atoms with Crippen LogP contribution in [0.25, 0.3) is 5.00 Å². The van der Waals surface area contributed by atoms with Crippen LogP contribution in [0.15, 0.2) is 53.5 Å². The van der Waals surface area contributed by atoms with Crippen molar-refractivity contribution in [3.8, 4) is 10.8 Å². The van der Waals surface area contributed by atoms with E-state index in [-0.39, 0.29) is 30.7 Å². The number of aliphatic imine (C=N–C) groups is 1. The van der Waals surface area contributed by atoms with Gasteiger partial charge in [0.05, 0.1) is 18.7 Å². The smallest absolute Gasteiger partial charge is 0.325 e. The monoisotopic (exact) mass is 798 g/mol. The number of aryl methyl sites for hydroxylation is 2. The van der Waals surface area contributed by atoms with Gasteiger partial charge in [0, 0.05) is 52.8 Å². The molecule has 3 aliphatic rings. The molecule has 2 saturated heterocycles. The molecule has 2 N–H and O–H groups in total. The third kappa shape index (κ3) is 8.51. The first-order valence-corrected chi connectivity index (χ1v) is 20.6. The summed E-state index contributed by atoms with van der Waals surface area (Å²) >= 11 is 7.92. The highest BCUT2D eigenvalue weighted by molar-refractivity contribution is 7.15. The van der Waals surface area contributed by atoms with Crippen molar-refractivity contribution >= 4 is 58.1 Å². The summed E-state index contributed by atoms with van der Waals surface area (Å²) in [5.41, 5.74) is 4.72. The van der Waals surface area contributed by atoms with E-state index in [0.717, 1.165) is 83.2 Å². The lowest BCUT2D eigenvalue weighted by Gasteiger charge is -2.29. The van der Waals surface area contributed by atoms with Gasteiger partial charge >= 0.3 is 6.03 Å². The van der Waals surface area contributed by atoms with Crippen LogP contribution in [-0.4, -0.2) is 81.4 Å². The summed E-state index contributed by atoms with van der Waals surface area (Å²) in [6, 6.07) is 13.8. The van der Waals surface area contributed by atoms with Crippen LogP contribution in [-0.2, 0) is 14.4 Å². The molecule has 5 amide bonds. The second kappa shape index (κ2) is 17.4. The predicted molar refractivity (Wildman–Crippen MR) is 216 cm³/mol. The lowest BCUT2D eigenvalue weighted by Crippen LogP contribution is -2.53. The number of thiophene rings is 1. The van der Waals surface area contributed by atoms with Crippen molar-refractivity contribution in [3.05, 3.63) is 86.8 Å². The highest BCUT2D eigenvalue weighted by atomic mass is 35.5. The predicted octanol–water partition coefficient (Wildman–Crippen LogP) is 6.77. The Morgan fingerprint density at radius 1 is 0.946 bits per heavy atom. The minimum atomic E-state index is -0.609. The zero-order chi connectivity index (χ0) is 39.3. The molecule has 0 bridgehead atoms. The van der Waals surface area contributed by atoms with E-state index in [9.17, 15) is 19.2 Å². The van der Waals surface area contributed by atoms with Crippen molar-refractivity contribution in [1.82, 2.24) is 30.3 Å². The number of fused-ring (bicyclic) bond motifs is 3. The average molecular weight is 799 g/mol. The summed E-state index contributed by atoms with van der Waals surface area (Å²) in [5.74, 6) is 1.41. The number of hydrogen-bond acceptors (Lipinski definition) is 9. The lowest BCUT2D eigenvalue weighted by atomic mass is 9.99. The average Bonchev–Trinajstić information content (AvgIpc) is 3.82. The number of piperidine rings is 1. The van der Waals surface area contributed by atoms with E-state index < -0.39 is 18.0 Å².